The van der Waals surface area contributed by atoms with Crippen LogP contribution < -0.4 is 21.7 Å². The number of rotatable bonds is 4. The summed E-state index contributed by atoms with van der Waals surface area (Å²) in [4.78, 5) is 20.8. The van der Waals surface area contributed by atoms with Gasteiger partial charge in [0.25, 0.3) is 0 Å². The van der Waals surface area contributed by atoms with E-state index in [1.165, 1.54) is 0 Å². The Balaban J connectivity index is 0.000000403. The molecule has 0 spiro atoms. The van der Waals surface area contributed by atoms with Gasteiger partial charge in [0.15, 0.2) is 0 Å². The van der Waals surface area contributed by atoms with Gasteiger partial charge in [-0.2, -0.15) is 0 Å². The van der Waals surface area contributed by atoms with Crippen molar-refractivity contribution in [1.82, 2.24) is 0 Å². The first-order chi connectivity index (χ1) is 10.5. The van der Waals surface area contributed by atoms with Gasteiger partial charge in [-0.1, -0.05) is 0 Å². The Hall–Kier alpha value is -0.517. The van der Waals surface area contributed by atoms with Crippen molar-refractivity contribution < 1.29 is 39.3 Å². The van der Waals surface area contributed by atoms with Crippen LogP contribution in [0.3, 0.4) is 0 Å². The maximum Gasteiger partial charge on any atom is 2.00 e. The molecule has 4 N–H and O–H groups in total. The molecule has 2 aliphatic rings. The zero-order valence-corrected chi connectivity index (χ0v) is 16.8. The maximum atomic E-state index is 10.4. The summed E-state index contributed by atoms with van der Waals surface area (Å²) in [6, 6.07) is 0. The topological polar surface area (TPSA) is 132 Å². The summed E-state index contributed by atoms with van der Waals surface area (Å²) in [7, 11) is 0. The zero-order chi connectivity index (χ0) is 16.5. The smallest absolute Gasteiger partial charge is 0.550 e. The quantitative estimate of drug-likeness (QED) is 0.604. The van der Waals surface area contributed by atoms with Crippen molar-refractivity contribution >= 4 is 11.9 Å². The van der Waals surface area contributed by atoms with E-state index in [4.69, 9.17) is 11.5 Å². The van der Waals surface area contributed by atoms with Crippen molar-refractivity contribution in [1.29, 1.82) is 0 Å². The fourth-order valence-corrected chi connectivity index (χ4v) is 3.27. The van der Waals surface area contributed by atoms with Gasteiger partial charge in [-0.25, -0.2) is 0 Å². The molecule has 2 aliphatic carbocycles. The molecule has 23 heavy (non-hydrogen) atoms. The van der Waals surface area contributed by atoms with Crippen LogP contribution in [0.1, 0.15) is 51.4 Å². The molecule has 2 rings (SSSR count). The summed E-state index contributed by atoms with van der Waals surface area (Å²) < 4.78 is 0. The van der Waals surface area contributed by atoms with Gasteiger partial charge in [-0.05, 0) is 88.1 Å². The Bertz CT molecular complexity index is 318. The van der Waals surface area contributed by atoms with Crippen LogP contribution in [0.2, 0.25) is 0 Å². The molecule has 0 bridgehead atoms. The number of hydrogen-bond donors (Lipinski definition) is 2. The van der Waals surface area contributed by atoms with Crippen LogP contribution in [-0.2, 0) is 29.1 Å². The third kappa shape index (κ3) is 8.23. The average Bonchev–Trinajstić information content (AvgIpc) is 2.55. The van der Waals surface area contributed by atoms with Gasteiger partial charge in [0.1, 0.15) is 0 Å². The predicted octanol–water partition coefficient (Wildman–Crippen LogP) is -1.000. The molecule has 0 amide bonds. The Morgan fingerprint density at radius 1 is 0.696 bits per heavy atom. The predicted molar refractivity (Wildman–Crippen MR) is 79.0 cm³/mol. The van der Waals surface area contributed by atoms with E-state index in [9.17, 15) is 19.8 Å². The van der Waals surface area contributed by atoms with Crippen molar-refractivity contribution in [2.75, 3.05) is 13.1 Å². The summed E-state index contributed by atoms with van der Waals surface area (Å²) >= 11 is 0. The molecule has 6 nitrogen and oxygen atoms in total. The molecule has 0 atom stereocenters. The molecule has 0 aliphatic heterocycles. The standard InChI is InChI=1S/2C8H15NO2.Zn/c2*9-5-6-1-3-7(4-2-6)8(10)11;/h2*6-7H,1-5,9H2,(H,10,11);/q;;+2/p-2. The van der Waals surface area contributed by atoms with Gasteiger partial charge in [-0.3, -0.25) is 0 Å². The van der Waals surface area contributed by atoms with Crippen LogP contribution >= 0.6 is 0 Å². The molecule has 2 saturated carbocycles. The first-order valence-corrected chi connectivity index (χ1v) is 8.29. The third-order valence-corrected chi connectivity index (χ3v) is 5.03. The van der Waals surface area contributed by atoms with E-state index in [2.05, 4.69) is 0 Å². The molecule has 128 valence electrons. The van der Waals surface area contributed by atoms with Crippen LogP contribution in [0, 0.1) is 23.7 Å². The van der Waals surface area contributed by atoms with Crippen molar-refractivity contribution in [2.45, 2.75) is 51.4 Å². The van der Waals surface area contributed by atoms with E-state index in [0.717, 1.165) is 51.4 Å². The SMILES string of the molecule is NCC1CCC(C(=O)[O-])CC1.NCC1CCC(C(=O)[O-])CC1.[Zn+2]. The summed E-state index contributed by atoms with van der Waals surface area (Å²) in [5, 5.41) is 20.8. The van der Waals surface area contributed by atoms with E-state index >= 15 is 0 Å². The van der Waals surface area contributed by atoms with Crippen LogP contribution in [-0.4, -0.2) is 25.0 Å². The molecule has 0 heterocycles. The normalized spacial score (nSPS) is 30.3. The first kappa shape index (κ1) is 22.5. The molecule has 0 aromatic rings. The molecule has 0 aromatic heterocycles. The van der Waals surface area contributed by atoms with Crippen molar-refractivity contribution in [3.8, 4) is 0 Å². The van der Waals surface area contributed by atoms with Crippen molar-refractivity contribution in [2.24, 2.45) is 35.1 Å². The molecular weight excluding hydrogens is 350 g/mol. The summed E-state index contributed by atoms with van der Waals surface area (Å²) in [6.45, 7) is 1.39. The molecule has 0 aromatic carbocycles. The van der Waals surface area contributed by atoms with Gasteiger partial charge < -0.3 is 31.3 Å². The van der Waals surface area contributed by atoms with E-state index in [-0.39, 0.29) is 31.3 Å². The Morgan fingerprint density at radius 3 is 1.13 bits per heavy atom. The fraction of sp³-hybridized carbons (Fsp3) is 0.875. The van der Waals surface area contributed by atoms with Crippen LogP contribution in [0.15, 0.2) is 0 Å². The number of carboxylic acid groups (broad SMARTS) is 2. The summed E-state index contributed by atoms with van der Waals surface area (Å²) in [6.07, 6.45) is 6.83. The van der Waals surface area contributed by atoms with E-state index in [1.54, 1.807) is 0 Å². The van der Waals surface area contributed by atoms with E-state index in [0.29, 0.717) is 24.9 Å². The van der Waals surface area contributed by atoms with Crippen LogP contribution in [0.4, 0.5) is 0 Å². The average molecular weight is 378 g/mol. The van der Waals surface area contributed by atoms with Gasteiger partial charge in [0, 0.05) is 11.9 Å². The minimum absolute atomic E-state index is 0. The van der Waals surface area contributed by atoms with Crippen LogP contribution in [0.25, 0.3) is 0 Å². The van der Waals surface area contributed by atoms with Crippen molar-refractivity contribution in [3.63, 3.8) is 0 Å². The number of carbonyl (C=O) groups is 2. The minimum atomic E-state index is -0.888. The number of nitrogens with two attached hydrogens (primary N) is 2. The zero-order valence-electron chi connectivity index (χ0n) is 13.9. The third-order valence-electron chi connectivity index (χ3n) is 5.03. The summed E-state index contributed by atoms with van der Waals surface area (Å²) in [5.74, 6) is -1.10. The number of carboxylic acids is 2. The second kappa shape index (κ2) is 11.9. The molecule has 0 unspecified atom stereocenters. The first-order valence-electron chi connectivity index (χ1n) is 8.29. The monoisotopic (exact) mass is 376 g/mol. The second-order valence-electron chi connectivity index (χ2n) is 6.54. The van der Waals surface area contributed by atoms with E-state index < -0.39 is 11.9 Å². The largest absolute Gasteiger partial charge is 2.00 e. The maximum absolute atomic E-state index is 10.4. The summed E-state index contributed by atoms with van der Waals surface area (Å²) in [5.41, 5.74) is 10.9. The van der Waals surface area contributed by atoms with Gasteiger partial charge in [0.2, 0.25) is 0 Å². The Labute approximate surface area is 151 Å². The molecule has 0 saturated heterocycles. The minimum Gasteiger partial charge on any atom is -0.550 e. The Kier molecular flexibility index (Phi) is 11.7. The molecule has 7 heteroatoms. The molecule has 2 fully saturated rings. The molecular formula is C16H28N2O4Zn. The van der Waals surface area contributed by atoms with Crippen LogP contribution in [0.5, 0.6) is 0 Å². The number of carbonyl (C=O) groups excluding carboxylic acids is 2. The Morgan fingerprint density at radius 2 is 0.957 bits per heavy atom. The van der Waals surface area contributed by atoms with Gasteiger partial charge in [-0.15, -0.1) is 0 Å². The fourth-order valence-electron chi connectivity index (χ4n) is 3.27. The van der Waals surface area contributed by atoms with Gasteiger partial charge in [0.05, 0.1) is 0 Å². The van der Waals surface area contributed by atoms with Gasteiger partial charge >= 0.3 is 19.5 Å². The second-order valence-corrected chi connectivity index (χ2v) is 6.54. The van der Waals surface area contributed by atoms with Crippen molar-refractivity contribution in [3.05, 3.63) is 0 Å². The number of aliphatic carboxylic acids is 2. The number of hydrogen-bond acceptors (Lipinski definition) is 6. The molecule has 0 radical (unpaired) electrons. The van der Waals surface area contributed by atoms with E-state index in [1.807, 2.05) is 0 Å².